The number of nitrogens with zero attached hydrogens (tertiary/aromatic N) is 15. The van der Waals surface area contributed by atoms with Gasteiger partial charge in [-0.1, -0.05) is 36.4 Å². The van der Waals surface area contributed by atoms with Crippen molar-refractivity contribution in [1.29, 1.82) is 0 Å². The summed E-state index contributed by atoms with van der Waals surface area (Å²) in [5, 5.41) is 15.4. The number of pyridine rings is 12. The summed E-state index contributed by atoms with van der Waals surface area (Å²) in [5.41, 5.74) is 36.5. The zero-order chi connectivity index (χ0) is 107. The van der Waals surface area contributed by atoms with Gasteiger partial charge in [-0.05, 0) is 219 Å². The highest BCUT2D eigenvalue weighted by molar-refractivity contribution is 7.93. The number of hydrogen-bond acceptors (Lipinski definition) is 36. The van der Waals surface area contributed by atoms with Crippen LogP contribution in [0.15, 0.2) is 269 Å². The van der Waals surface area contributed by atoms with E-state index in [0.717, 1.165) is 74.5 Å². The smallest absolute Gasteiger partial charge is 0.412 e. The predicted octanol–water partition coefficient (Wildman–Crippen LogP) is 14.1. The third-order valence-corrected chi connectivity index (χ3v) is 29.2. The van der Waals surface area contributed by atoms with Crippen molar-refractivity contribution in [3.8, 4) is 72.6 Å². The number of aliphatic imine (C=N–C) groups is 1. The van der Waals surface area contributed by atoms with E-state index in [1.54, 1.807) is 161 Å². The third kappa shape index (κ3) is 29.9. The number of ketones is 1. The van der Waals surface area contributed by atoms with Gasteiger partial charge in [0, 0.05) is 178 Å². The number of sulfone groups is 1. The highest BCUT2D eigenvalue weighted by Gasteiger charge is 2.32. The fraction of sp³-hybridized carbons (Fsp3) is 0.210. The average molecular weight is 2090 g/mol. The monoisotopic (exact) mass is 2090 g/mol. The number of sulfonamides is 3. The molecule has 5 amide bonds. The summed E-state index contributed by atoms with van der Waals surface area (Å²) in [4.78, 5) is 121. The van der Waals surface area contributed by atoms with E-state index in [4.69, 9.17) is 27.7 Å². The van der Waals surface area contributed by atoms with Gasteiger partial charge < -0.3 is 57.8 Å². The van der Waals surface area contributed by atoms with Gasteiger partial charge in [0.05, 0.1) is 57.3 Å². The van der Waals surface area contributed by atoms with Crippen LogP contribution < -0.4 is 68.6 Å². The molecule has 48 heteroatoms. The maximum Gasteiger partial charge on any atom is 0.412 e. The van der Waals surface area contributed by atoms with Crippen molar-refractivity contribution in [3.05, 3.63) is 261 Å². The topological polar surface area (TPSA) is 638 Å². The number of carbonyl (C=O) groups is 6. The molecule has 14 aromatic rings. The minimum absolute atomic E-state index is 0.0174. The van der Waals surface area contributed by atoms with Crippen LogP contribution in [-0.2, 0) is 81.5 Å². The summed E-state index contributed by atoms with van der Waals surface area (Å²) in [6.45, 7) is 10.0. The molecule has 17 rings (SSSR count). The van der Waals surface area contributed by atoms with E-state index < -0.39 is 63.4 Å². The standard InChI is InChI=1S/C19H19N5O3S.C19H18N4O4S.C17H20N4O.C16H19N5O4S.C15H18N4O4S.C14H12N4O2/c1-13(25)23-18-11-14(8-9-21-18)15-10-17(19(20)22-12-15)28(26,27)24(2)16-6-4-3-5-7-16;1-13(24)22-18-11-14(8-9-20-18)15-10-17(19(27-2)21-12-15)28(25,26)23-16-6-4-3-5-7-16;1-11(22)6-15-7-13(4-5-19-15)14-8-16(17(18)21-10-14)20-9-12-2-3-12;1-25-16(22)20-14-9-11(4-5-18-14)12-8-13(15(17)19-10-12)26(23,24)21-6-2-3-7-21;1-9(2)24(21,22)12-6-11(8-18-14(12)16)10-4-5-17-13(7-10)19-15(20)23-3;1-20-14(19)18-13-5-9(2-3-16-13)10-4-11-6-15-8-12(11)17-7-10/h3-12H,1-2H3,(H2,20,22)(H,21,23,25);3-12,23H,1-2H3,(H,20,22,24);4-5,7-8,10,12,20H,2-3,6,9H2,1H3,(H2,18,21);4-5,8-10H,2-3,6-7H2,1H3,(H2,17,19)(H,18,20,22);4-9H,1-3H3,(H2,16,18)(H,17,19,20);2-7H,8H2,1H3,(H,16,18,19). The van der Waals surface area contributed by atoms with Crippen LogP contribution >= 0.6 is 0 Å². The van der Waals surface area contributed by atoms with Crippen LogP contribution in [0.3, 0.4) is 0 Å². The number of aromatic nitrogens is 12. The zero-order valence-corrected chi connectivity index (χ0v) is 85.0. The number of rotatable bonds is 27. The van der Waals surface area contributed by atoms with Gasteiger partial charge in [0.15, 0.2) is 9.84 Å². The maximum absolute atomic E-state index is 13.1. The zero-order valence-electron chi connectivity index (χ0n) is 81.7. The summed E-state index contributed by atoms with van der Waals surface area (Å²) in [6, 6.07) is 47.8. The van der Waals surface area contributed by atoms with Gasteiger partial charge in [-0.2, -0.15) is 4.31 Å². The SMILES string of the molecule is CC(=O)Cc1cc(-c2cnc(N)c(NCC3CC3)c2)ccn1.CC(=O)Nc1cc(-c2cnc(N)c(S(=O)(=O)N(C)c3ccccc3)c2)ccn1.COC(=O)Nc1cc(-c2cnc(N)c(S(=O)(=O)C(C)C)c2)ccn1.COC(=O)Nc1cc(-c2cnc(N)c(S(=O)(=O)N3CCCC3)c2)ccn1.COC(=O)Nc1cc(-c2cnc3c(c2)C=NC3)ccn1.COc1ncc(-c2ccnc(NC(C)=O)c2)cc1S(=O)(=O)Nc1ccccc1. The van der Waals surface area contributed by atoms with E-state index in [0.29, 0.717) is 105 Å². The molecule has 0 spiro atoms. The Hall–Kier alpha value is -17.5. The molecule has 0 unspecified atom stereocenters. The first-order valence-electron chi connectivity index (χ1n) is 45.2. The Kier molecular flexibility index (Phi) is 37.0. The lowest BCUT2D eigenvalue weighted by atomic mass is 10.1. The predicted molar refractivity (Wildman–Crippen MR) is 562 cm³/mol. The summed E-state index contributed by atoms with van der Waals surface area (Å²) in [6.07, 6.45) is 23.4. The van der Waals surface area contributed by atoms with Crippen molar-refractivity contribution >= 4 is 151 Å². The van der Waals surface area contributed by atoms with E-state index in [1.165, 1.54) is 140 Å². The molecule has 0 radical (unpaired) electrons. The fourth-order valence-corrected chi connectivity index (χ4v) is 19.3. The molecule has 2 fully saturated rings. The van der Waals surface area contributed by atoms with Crippen LogP contribution in [0, 0.1) is 5.92 Å². The lowest BCUT2D eigenvalue weighted by Gasteiger charge is -2.20. The van der Waals surface area contributed by atoms with E-state index in [1.807, 2.05) is 36.5 Å². The van der Waals surface area contributed by atoms with Crippen molar-refractivity contribution in [2.75, 3.05) is 119 Å². The molecule has 14 heterocycles. The van der Waals surface area contributed by atoms with Gasteiger partial charge >= 0.3 is 18.3 Å². The number of nitrogen functional groups attached to an aromatic ring is 4. The second kappa shape index (κ2) is 50.1. The number of para-hydroxylation sites is 2. The number of amides is 5. The Balaban J connectivity index is 0.000000158. The molecular formula is C100H106N26O18S4. The minimum Gasteiger partial charge on any atom is -0.480 e. The number of anilines is 12. The average Bonchev–Trinajstić information content (AvgIpc) is 1.07. The highest BCUT2D eigenvalue weighted by Crippen LogP contribution is 2.38. The molecule has 768 valence electrons. The first-order chi connectivity index (χ1) is 70.7. The Morgan fingerprint density at radius 1 is 0.432 bits per heavy atom. The Labute approximate surface area is 853 Å². The maximum atomic E-state index is 13.1. The van der Waals surface area contributed by atoms with Gasteiger partial charge in [-0.25, -0.2) is 97.9 Å². The van der Waals surface area contributed by atoms with Crippen molar-refractivity contribution in [3.63, 3.8) is 0 Å². The normalized spacial score (nSPS) is 12.3. The Morgan fingerprint density at radius 2 is 0.824 bits per heavy atom. The van der Waals surface area contributed by atoms with E-state index in [-0.39, 0.29) is 72.1 Å². The van der Waals surface area contributed by atoms with Crippen LogP contribution in [0.5, 0.6) is 5.88 Å². The number of ether oxygens (including phenoxy) is 4. The summed E-state index contributed by atoms with van der Waals surface area (Å²) in [7, 11) is -8.51. The number of hydrogen-bond donors (Lipinski definition) is 11. The number of Topliss-reactive ketones (excluding diaryl/α,β-unsaturated/α-hetero) is 1. The van der Waals surface area contributed by atoms with Gasteiger partial charge in [0.25, 0.3) is 20.0 Å². The van der Waals surface area contributed by atoms with Crippen LogP contribution in [0.4, 0.5) is 83.8 Å². The summed E-state index contributed by atoms with van der Waals surface area (Å²) < 4.78 is 126. The van der Waals surface area contributed by atoms with Gasteiger partial charge in [0.1, 0.15) is 77.7 Å². The Morgan fingerprint density at radius 3 is 1.27 bits per heavy atom. The van der Waals surface area contributed by atoms with E-state index in [2.05, 4.69) is 116 Å². The molecule has 1 saturated heterocycles. The molecule has 148 heavy (non-hydrogen) atoms. The molecule has 0 atom stereocenters. The molecule has 15 N–H and O–H groups in total. The fourth-order valence-electron chi connectivity index (χ4n) is 14.1. The molecule has 1 aliphatic carbocycles. The molecular weight excluding hydrogens is 1980 g/mol. The van der Waals surface area contributed by atoms with Gasteiger partial charge in [-0.3, -0.25) is 54.3 Å². The van der Waals surface area contributed by atoms with E-state index >= 15 is 0 Å². The summed E-state index contributed by atoms with van der Waals surface area (Å²) >= 11 is 0. The quantitative estimate of drug-likeness (QED) is 0.0213. The van der Waals surface area contributed by atoms with Crippen LogP contribution in [0.25, 0.3) is 66.8 Å². The van der Waals surface area contributed by atoms with Crippen molar-refractivity contribution in [2.24, 2.45) is 10.9 Å². The minimum atomic E-state index is -3.94. The van der Waals surface area contributed by atoms with Gasteiger partial charge in [0.2, 0.25) is 27.7 Å². The molecule has 2 aliphatic heterocycles. The number of benzene rings is 2. The number of fused-ring (bicyclic) bond motifs is 1. The van der Waals surface area contributed by atoms with Gasteiger partial charge in [-0.15, -0.1) is 0 Å². The summed E-state index contributed by atoms with van der Waals surface area (Å²) in [5.74, 6) is 2.35. The lowest BCUT2D eigenvalue weighted by Crippen LogP contribution is -2.28. The molecule has 3 aliphatic rings. The Bertz CT molecular complexity index is 7710. The third-order valence-electron chi connectivity index (χ3n) is 21.9. The lowest BCUT2D eigenvalue weighted by molar-refractivity contribution is -0.116. The molecule has 12 aromatic heterocycles. The highest BCUT2D eigenvalue weighted by atomic mass is 32.2. The number of nitrogens with two attached hydrogens (primary N) is 4. The largest absolute Gasteiger partial charge is 0.480 e. The number of carbonyl (C=O) groups excluding carboxylic acids is 6. The molecule has 0 bridgehead atoms. The number of nitrogens with one attached hydrogen (secondary N) is 7. The first-order valence-corrected chi connectivity index (χ1v) is 51.1. The molecule has 1 saturated carbocycles. The number of methoxy groups -OCH3 is 4. The second-order valence-corrected chi connectivity index (χ2v) is 41.0. The second-order valence-electron chi connectivity index (χ2n) is 33.0. The van der Waals surface area contributed by atoms with Crippen molar-refractivity contribution in [2.45, 2.75) is 98.1 Å². The van der Waals surface area contributed by atoms with Crippen LogP contribution in [-0.4, -0.2) is 200 Å². The van der Waals surface area contributed by atoms with Crippen LogP contribution in [0.2, 0.25) is 0 Å². The van der Waals surface area contributed by atoms with Crippen molar-refractivity contribution in [1.82, 2.24) is 64.1 Å². The molecule has 44 nitrogen and oxygen atoms in total. The first kappa shape index (κ1) is 109. The van der Waals surface area contributed by atoms with Crippen LogP contribution in [0.1, 0.15) is 77.3 Å². The molecule has 2 aromatic carbocycles. The van der Waals surface area contributed by atoms with E-state index in [9.17, 15) is 62.4 Å². The van der Waals surface area contributed by atoms with Crippen molar-refractivity contribution < 1.29 is 81.4 Å².